The fraction of sp³-hybridized carbons (Fsp3) is 0.190. The van der Waals surface area contributed by atoms with E-state index in [1.165, 1.54) is 0 Å². The van der Waals surface area contributed by atoms with Crippen molar-refractivity contribution in [3.05, 3.63) is 84.3 Å². The van der Waals surface area contributed by atoms with Crippen LogP contribution in [0.4, 0.5) is 0 Å². The largest absolute Gasteiger partial charge is 1.00 e. The first-order valence-electron chi connectivity index (χ1n) is 8.33. The Morgan fingerprint density at radius 1 is 1.08 bits per heavy atom. The molecule has 0 aliphatic rings. The first-order valence-corrected chi connectivity index (χ1v) is 8.33. The predicted octanol–water partition coefficient (Wildman–Crippen LogP) is 0.654. The Bertz CT molecular complexity index is 867. The van der Waals surface area contributed by atoms with Gasteiger partial charge in [-0.15, -0.1) is 0 Å². The Balaban J connectivity index is 0.00000243. The van der Waals surface area contributed by atoms with E-state index in [0.29, 0.717) is 12.1 Å². The highest BCUT2D eigenvalue weighted by molar-refractivity contribution is 5.91. The maximum absolute atomic E-state index is 12.3. The van der Waals surface area contributed by atoms with Crippen molar-refractivity contribution >= 4 is 5.97 Å². The van der Waals surface area contributed by atoms with Gasteiger partial charge >= 0.3 is 5.97 Å². The third kappa shape index (κ3) is 4.99. The smallest absolute Gasteiger partial charge is 0.338 e. The molecule has 26 heavy (non-hydrogen) atoms. The highest BCUT2D eigenvalue weighted by Crippen LogP contribution is 2.15. The third-order valence-corrected chi connectivity index (χ3v) is 3.76. The topological polar surface area (TPSA) is 43.1 Å². The number of hydrogen-bond donors (Lipinski definition) is 0. The monoisotopic (exact) mass is 412 g/mol. The third-order valence-electron chi connectivity index (χ3n) is 3.76. The second-order valence-electron chi connectivity index (χ2n) is 6.09. The molecular formula is C21H21BrN2O2. The van der Waals surface area contributed by atoms with Gasteiger partial charge in [-0.1, -0.05) is 48.5 Å². The molecule has 0 atom stereocenters. The van der Waals surface area contributed by atoms with E-state index in [4.69, 9.17) is 4.74 Å². The van der Waals surface area contributed by atoms with Crippen LogP contribution in [0.5, 0.6) is 0 Å². The fourth-order valence-corrected chi connectivity index (χ4v) is 2.62. The normalized spacial score (nSPS) is 10.3. The number of benzene rings is 2. The van der Waals surface area contributed by atoms with Crippen molar-refractivity contribution in [2.24, 2.45) is 0 Å². The molecular weight excluding hydrogens is 392 g/mol. The highest BCUT2D eigenvalue weighted by atomic mass is 79.9. The summed E-state index contributed by atoms with van der Waals surface area (Å²) in [6.07, 6.45) is 5.52. The summed E-state index contributed by atoms with van der Waals surface area (Å²) < 4.78 is 7.37. The van der Waals surface area contributed by atoms with Crippen LogP contribution in [-0.4, -0.2) is 17.1 Å². The lowest BCUT2D eigenvalue weighted by Crippen LogP contribution is -3.00. The van der Waals surface area contributed by atoms with E-state index in [-0.39, 0.29) is 29.1 Å². The molecule has 1 aromatic heterocycles. The summed E-state index contributed by atoms with van der Waals surface area (Å²) in [5.41, 5.74) is 3.47. The van der Waals surface area contributed by atoms with Crippen molar-refractivity contribution in [2.45, 2.75) is 26.5 Å². The highest BCUT2D eigenvalue weighted by Gasteiger charge is 2.17. The molecule has 3 aromatic rings. The number of nitrogens with zero attached hydrogens (tertiary/aromatic N) is 2. The van der Waals surface area contributed by atoms with Crippen LogP contribution >= 0.6 is 0 Å². The molecule has 0 N–H and O–H groups in total. The van der Waals surface area contributed by atoms with E-state index in [1.54, 1.807) is 12.3 Å². The lowest BCUT2D eigenvalue weighted by Gasteiger charge is -2.10. The van der Waals surface area contributed by atoms with Crippen molar-refractivity contribution in [1.82, 2.24) is 4.98 Å². The van der Waals surface area contributed by atoms with Crippen molar-refractivity contribution in [2.75, 3.05) is 0 Å². The van der Waals surface area contributed by atoms with Gasteiger partial charge in [0.25, 0.3) is 0 Å². The average molecular weight is 413 g/mol. The Hall–Kier alpha value is -2.53. The minimum absolute atomic E-state index is 0. The predicted molar refractivity (Wildman–Crippen MR) is 96.0 cm³/mol. The number of hydrogen-bond acceptors (Lipinski definition) is 3. The first-order chi connectivity index (χ1) is 12.1. The molecule has 4 nitrogen and oxygen atoms in total. The van der Waals surface area contributed by atoms with E-state index < -0.39 is 0 Å². The molecule has 0 spiro atoms. The van der Waals surface area contributed by atoms with Crippen LogP contribution in [0.3, 0.4) is 0 Å². The molecule has 0 radical (unpaired) electrons. The Kier molecular flexibility index (Phi) is 7.04. The van der Waals surface area contributed by atoms with Gasteiger partial charge < -0.3 is 21.7 Å². The lowest BCUT2D eigenvalue weighted by atomic mass is 10.1. The van der Waals surface area contributed by atoms with Gasteiger partial charge in [0.2, 0.25) is 0 Å². The molecule has 0 aliphatic carbocycles. The van der Waals surface area contributed by atoms with E-state index >= 15 is 0 Å². The standard InChI is InChI=1S/C21H21N2O2.BrH/c1-16(2)25-21(24)19-11-7-6-10-18(19)14-23-13-12-22-20(15-23)17-8-4-3-5-9-17;/h3-13,15-16H,14H2,1-2H3;1H/q+1;/p-1. The van der Waals surface area contributed by atoms with E-state index in [1.807, 2.05) is 79.3 Å². The summed E-state index contributed by atoms with van der Waals surface area (Å²) in [5.74, 6) is -0.288. The summed E-state index contributed by atoms with van der Waals surface area (Å²) in [4.78, 5) is 16.7. The van der Waals surface area contributed by atoms with E-state index in [0.717, 1.165) is 16.8 Å². The molecule has 5 heteroatoms. The zero-order valence-electron chi connectivity index (χ0n) is 14.8. The molecule has 1 heterocycles. The molecule has 0 saturated heterocycles. The molecule has 0 fully saturated rings. The Morgan fingerprint density at radius 3 is 2.50 bits per heavy atom. The van der Waals surface area contributed by atoms with Crippen LogP contribution in [0.15, 0.2) is 73.2 Å². The van der Waals surface area contributed by atoms with Gasteiger partial charge in [-0.2, -0.15) is 4.57 Å². The van der Waals surface area contributed by atoms with Crippen LogP contribution in [0, 0.1) is 0 Å². The van der Waals surface area contributed by atoms with Gasteiger partial charge in [0.05, 0.1) is 17.9 Å². The Labute approximate surface area is 164 Å². The van der Waals surface area contributed by atoms with Gasteiger partial charge in [-0.25, -0.2) is 9.78 Å². The zero-order chi connectivity index (χ0) is 17.6. The minimum Gasteiger partial charge on any atom is -1.00 e. The van der Waals surface area contributed by atoms with Crippen LogP contribution in [0.1, 0.15) is 29.8 Å². The summed E-state index contributed by atoms with van der Waals surface area (Å²) in [5, 5.41) is 0. The van der Waals surface area contributed by atoms with Crippen LogP contribution in [-0.2, 0) is 11.3 Å². The van der Waals surface area contributed by atoms with Gasteiger partial charge in [-0.05, 0) is 19.9 Å². The maximum atomic E-state index is 12.3. The number of halogens is 1. The number of ether oxygens (including phenoxy) is 1. The van der Waals surface area contributed by atoms with Crippen LogP contribution in [0.2, 0.25) is 0 Å². The van der Waals surface area contributed by atoms with Gasteiger partial charge in [0.1, 0.15) is 5.69 Å². The molecule has 0 saturated carbocycles. The quantitative estimate of drug-likeness (QED) is 0.456. The molecule has 134 valence electrons. The zero-order valence-corrected chi connectivity index (χ0v) is 16.4. The molecule has 0 unspecified atom stereocenters. The molecule has 3 rings (SSSR count). The SMILES string of the molecule is CC(C)OC(=O)c1ccccc1C[n+]1ccnc(-c2ccccc2)c1.[Br-]. The van der Waals surface area contributed by atoms with Gasteiger partial charge in [0.15, 0.2) is 18.9 Å². The van der Waals surface area contributed by atoms with Crippen molar-refractivity contribution in [3.63, 3.8) is 0 Å². The second kappa shape index (κ2) is 9.25. The number of carbonyl (C=O) groups excluding carboxylic acids is 1. The summed E-state index contributed by atoms with van der Waals surface area (Å²) in [7, 11) is 0. The summed E-state index contributed by atoms with van der Waals surface area (Å²) in [6, 6.07) is 17.6. The minimum atomic E-state index is -0.288. The van der Waals surface area contributed by atoms with Crippen molar-refractivity contribution in [3.8, 4) is 11.3 Å². The Morgan fingerprint density at radius 2 is 1.77 bits per heavy atom. The second-order valence-corrected chi connectivity index (χ2v) is 6.09. The molecule has 0 aliphatic heterocycles. The van der Waals surface area contributed by atoms with E-state index in [2.05, 4.69) is 4.98 Å². The van der Waals surface area contributed by atoms with Gasteiger partial charge in [0, 0.05) is 11.1 Å². The average Bonchev–Trinajstić information content (AvgIpc) is 2.62. The number of carbonyl (C=O) groups is 1. The summed E-state index contributed by atoms with van der Waals surface area (Å²) >= 11 is 0. The lowest BCUT2D eigenvalue weighted by molar-refractivity contribution is -0.688. The van der Waals surface area contributed by atoms with Crippen LogP contribution in [0.25, 0.3) is 11.3 Å². The van der Waals surface area contributed by atoms with Crippen molar-refractivity contribution < 1.29 is 31.1 Å². The van der Waals surface area contributed by atoms with Crippen molar-refractivity contribution in [1.29, 1.82) is 0 Å². The molecule has 0 bridgehead atoms. The summed E-state index contributed by atoms with van der Waals surface area (Å²) in [6.45, 7) is 4.28. The number of esters is 1. The maximum Gasteiger partial charge on any atom is 0.338 e. The number of rotatable bonds is 5. The number of aromatic nitrogens is 2. The van der Waals surface area contributed by atoms with Gasteiger partial charge in [-0.3, -0.25) is 0 Å². The van der Waals surface area contributed by atoms with Crippen LogP contribution < -0.4 is 21.5 Å². The van der Waals surface area contributed by atoms with E-state index in [9.17, 15) is 4.79 Å². The fourth-order valence-electron chi connectivity index (χ4n) is 2.62. The molecule has 2 aromatic carbocycles. The molecule has 0 amide bonds. The first kappa shape index (κ1) is 19.8.